The van der Waals surface area contributed by atoms with Gasteiger partial charge in [0.1, 0.15) is 5.01 Å². The van der Waals surface area contributed by atoms with Crippen LogP contribution < -0.4 is 5.32 Å². The molecule has 0 unspecified atom stereocenters. The second-order valence-electron chi connectivity index (χ2n) is 3.72. The molecule has 5 heteroatoms. The molecule has 0 aliphatic heterocycles. The molecule has 0 fully saturated rings. The molecule has 0 spiro atoms. The van der Waals surface area contributed by atoms with Crippen LogP contribution in [0.1, 0.15) is 16.3 Å². The van der Waals surface area contributed by atoms with Crippen molar-refractivity contribution in [2.24, 2.45) is 0 Å². The van der Waals surface area contributed by atoms with E-state index >= 15 is 0 Å². The first-order chi connectivity index (χ1) is 8.15. The zero-order valence-corrected chi connectivity index (χ0v) is 12.5. The summed E-state index contributed by atoms with van der Waals surface area (Å²) >= 11 is 11.2. The van der Waals surface area contributed by atoms with E-state index in [4.69, 9.17) is 11.6 Å². The van der Waals surface area contributed by atoms with Crippen molar-refractivity contribution in [3.05, 3.63) is 49.3 Å². The van der Waals surface area contributed by atoms with E-state index in [0.717, 1.165) is 38.8 Å². The van der Waals surface area contributed by atoms with Gasteiger partial charge in [-0.1, -0.05) is 27.5 Å². The minimum absolute atomic E-state index is 0.747. The predicted octanol–water partition coefficient (Wildman–Crippen LogP) is 4.16. The van der Waals surface area contributed by atoms with E-state index < -0.39 is 0 Å². The third-order valence-electron chi connectivity index (χ3n) is 2.27. The van der Waals surface area contributed by atoms with Gasteiger partial charge in [0.15, 0.2) is 0 Å². The minimum Gasteiger partial charge on any atom is -0.306 e. The van der Waals surface area contributed by atoms with Crippen LogP contribution in [0, 0.1) is 6.92 Å². The number of benzene rings is 1. The van der Waals surface area contributed by atoms with E-state index in [1.807, 2.05) is 25.1 Å². The van der Waals surface area contributed by atoms with Gasteiger partial charge < -0.3 is 5.32 Å². The highest BCUT2D eigenvalue weighted by molar-refractivity contribution is 9.10. The van der Waals surface area contributed by atoms with Crippen molar-refractivity contribution < 1.29 is 0 Å². The first kappa shape index (κ1) is 13.0. The van der Waals surface area contributed by atoms with E-state index in [-0.39, 0.29) is 0 Å². The summed E-state index contributed by atoms with van der Waals surface area (Å²) in [6.07, 6.45) is 0. The highest BCUT2D eigenvalue weighted by atomic mass is 79.9. The Morgan fingerprint density at radius 3 is 2.94 bits per heavy atom. The summed E-state index contributed by atoms with van der Waals surface area (Å²) in [5, 5.41) is 7.29. The van der Waals surface area contributed by atoms with E-state index in [1.165, 1.54) is 0 Å². The van der Waals surface area contributed by atoms with Crippen molar-refractivity contribution >= 4 is 38.9 Å². The van der Waals surface area contributed by atoms with Gasteiger partial charge in [-0.2, -0.15) is 0 Å². The van der Waals surface area contributed by atoms with Gasteiger partial charge in [0.2, 0.25) is 0 Å². The Balaban J connectivity index is 1.91. The lowest BCUT2D eigenvalue weighted by molar-refractivity contribution is 0.689. The highest BCUT2D eigenvalue weighted by Gasteiger charge is 2.02. The van der Waals surface area contributed by atoms with Gasteiger partial charge in [0.05, 0.1) is 0 Å². The third kappa shape index (κ3) is 3.78. The van der Waals surface area contributed by atoms with Gasteiger partial charge in [0, 0.05) is 33.7 Å². The SMILES string of the molecule is Cc1csc(CNCc2cc(Br)ccc2Cl)n1. The number of aromatic nitrogens is 1. The molecule has 90 valence electrons. The van der Waals surface area contributed by atoms with Crippen LogP contribution >= 0.6 is 38.9 Å². The molecule has 0 saturated carbocycles. The Hall–Kier alpha value is -0.420. The van der Waals surface area contributed by atoms with Gasteiger partial charge in [-0.25, -0.2) is 4.98 Å². The molecule has 0 amide bonds. The Morgan fingerprint density at radius 1 is 1.41 bits per heavy atom. The summed E-state index contributed by atoms with van der Waals surface area (Å²) in [4.78, 5) is 4.40. The van der Waals surface area contributed by atoms with Gasteiger partial charge in [-0.3, -0.25) is 0 Å². The number of thiazole rings is 1. The number of nitrogens with one attached hydrogen (secondary N) is 1. The van der Waals surface area contributed by atoms with Crippen LogP contribution in [0.3, 0.4) is 0 Å². The molecule has 2 nitrogen and oxygen atoms in total. The van der Waals surface area contributed by atoms with Crippen molar-refractivity contribution in [2.75, 3.05) is 0 Å². The second-order valence-corrected chi connectivity index (χ2v) is 5.99. The summed E-state index contributed by atoms with van der Waals surface area (Å²) in [5.41, 5.74) is 2.17. The fourth-order valence-corrected chi connectivity index (χ4v) is 2.80. The smallest absolute Gasteiger partial charge is 0.107 e. The summed E-state index contributed by atoms with van der Waals surface area (Å²) in [6, 6.07) is 5.87. The van der Waals surface area contributed by atoms with E-state index in [9.17, 15) is 0 Å². The van der Waals surface area contributed by atoms with Crippen LogP contribution in [0.25, 0.3) is 0 Å². The topological polar surface area (TPSA) is 24.9 Å². The number of halogens is 2. The molecule has 2 rings (SSSR count). The zero-order chi connectivity index (χ0) is 12.3. The maximum absolute atomic E-state index is 6.11. The zero-order valence-electron chi connectivity index (χ0n) is 9.34. The Kier molecular flexibility index (Phi) is 4.56. The van der Waals surface area contributed by atoms with Crippen molar-refractivity contribution in [1.29, 1.82) is 0 Å². The van der Waals surface area contributed by atoms with Crippen molar-refractivity contribution in [1.82, 2.24) is 10.3 Å². The van der Waals surface area contributed by atoms with Crippen molar-refractivity contribution in [3.8, 4) is 0 Å². The average molecular weight is 332 g/mol. The van der Waals surface area contributed by atoms with Crippen LogP contribution in [-0.2, 0) is 13.1 Å². The monoisotopic (exact) mass is 330 g/mol. The van der Waals surface area contributed by atoms with E-state index in [1.54, 1.807) is 11.3 Å². The molecule has 1 N–H and O–H groups in total. The first-order valence-electron chi connectivity index (χ1n) is 5.21. The number of rotatable bonds is 4. The van der Waals surface area contributed by atoms with Crippen LogP contribution in [0.4, 0.5) is 0 Å². The maximum Gasteiger partial charge on any atom is 0.107 e. The molecule has 1 heterocycles. The predicted molar refractivity (Wildman–Crippen MR) is 76.5 cm³/mol. The Bertz CT molecular complexity index is 513. The van der Waals surface area contributed by atoms with Crippen LogP contribution in [0.5, 0.6) is 0 Å². The van der Waals surface area contributed by atoms with Gasteiger partial charge in [-0.05, 0) is 30.7 Å². The maximum atomic E-state index is 6.11. The summed E-state index contributed by atoms with van der Waals surface area (Å²) in [7, 11) is 0. The number of nitrogens with zero attached hydrogens (tertiary/aromatic N) is 1. The number of hydrogen-bond donors (Lipinski definition) is 1. The highest BCUT2D eigenvalue weighted by Crippen LogP contribution is 2.21. The molecule has 0 saturated heterocycles. The summed E-state index contributed by atoms with van der Waals surface area (Å²) in [5.74, 6) is 0. The summed E-state index contributed by atoms with van der Waals surface area (Å²) < 4.78 is 1.05. The molecular weight excluding hydrogens is 320 g/mol. The molecule has 0 aliphatic rings. The van der Waals surface area contributed by atoms with Crippen LogP contribution in [0.2, 0.25) is 5.02 Å². The van der Waals surface area contributed by atoms with Crippen molar-refractivity contribution in [3.63, 3.8) is 0 Å². The Labute approximate surface area is 118 Å². The lowest BCUT2D eigenvalue weighted by atomic mass is 10.2. The molecule has 2 aromatic rings. The molecule has 1 aromatic heterocycles. The lowest BCUT2D eigenvalue weighted by Crippen LogP contribution is -2.12. The largest absolute Gasteiger partial charge is 0.306 e. The van der Waals surface area contributed by atoms with Crippen molar-refractivity contribution in [2.45, 2.75) is 20.0 Å². The molecule has 0 radical (unpaired) electrons. The fourth-order valence-electron chi connectivity index (χ4n) is 1.47. The third-order valence-corrected chi connectivity index (χ3v) is 4.09. The average Bonchev–Trinajstić information content (AvgIpc) is 2.69. The van der Waals surface area contributed by atoms with E-state index in [0.29, 0.717) is 0 Å². The summed E-state index contributed by atoms with van der Waals surface area (Å²) in [6.45, 7) is 3.53. The fraction of sp³-hybridized carbons (Fsp3) is 0.250. The Morgan fingerprint density at radius 2 is 2.24 bits per heavy atom. The molecule has 17 heavy (non-hydrogen) atoms. The first-order valence-corrected chi connectivity index (χ1v) is 7.26. The molecular formula is C12H12BrClN2S. The molecule has 0 bridgehead atoms. The van der Waals surface area contributed by atoms with Gasteiger partial charge >= 0.3 is 0 Å². The normalized spacial score (nSPS) is 10.8. The number of aryl methyl sites for hydroxylation is 1. The van der Waals surface area contributed by atoms with Gasteiger partial charge in [0.25, 0.3) is 0 Å². The quantitative estimate of drug-likeness (QED) is 0.910. The molecule has 1 aromatic carbocycles. The van der Waals surface area contributed by atoms with Crippen LogP contribution in [0.15, 0.2) is 28.1 Å². The number of hydrogen-bond acceptors (Lipinski definition) is 3. The molecule has 0 atom stereocenters. The van der Waals surface area contributed by atoms with Crippen LogP contribution in [-0.4, -0.2) is 4.98 Å². The lowest BCUT2D eigenvalue weighted by Gasteiger charge is -2.05. The standard InChI is InChI=1S/C12H12BrClN2S/c1-8-7-17-12(16-8)6-15-5-9-4-10(13)2-3-11(9)14/h2-4,7,15H,5-6H2,1H3. The van der Waals surface area contributed by atoms with Gasteiger partial charge in [-0.15, -0.1) is 11.3 Å². The van der Waals surface area contributed by atoms with E-state index in [2.05, 4.69) is 31.6 Å². The second kappa shape index (κ2) is 5.96. The minimum atomic E-state index is 0.747. The molecule has 0 aliphatic carbocycles.